The summed E-state index contributed by atoms with van der Waals surface area (Å²) in [6, 6.07) is 0. The molecule has 0 heterocycles. The molecule has 0 aliphatic heterocycles. The molecule has 0 bridgehead atoms. The third-order valence-corrected chi connectivity index (χ3v) is 6.32. The lowest BCUT2D eigenvalue weighted by Crippen LogP contribution is -2.20. The van der Waals surface area contributed by atoms with Crippen LogP contribution in [0, 0.1) is 0 Å². The van der Waals surface area contributed by atoms with E-state index < -0.39 is 15.4 Å². The zero-order valence-electron chi connectivity index (χ0n) is 16.6. The summed E-state index contributed by atoms with van der Waals surface area (Å²) in [4.78, 5) is 0. The van der Waals surface area contributed by atoms with Gasteiger partial charge >= 0.3 is 0 Å². The topological polar surface area (TPSA) is 74.6 Å². The van der Waals surface area contributed by atoms with Crippen molar-refractivity contribution in [3.05, 3.63) is 0 Å². The largest absolute Gasteiger partial charge is 0.393 e. The van der Waals surface area contributed by atoms with Crippen molar-refractivity contribution in [1.82, 2.24) is 0 Å². The van der Waals surface area contributed by atoms with E-state index in [2.05, 4.69) is 13.8 Å². The number of unbranched alkanes of at least 4 members (excludes halogenated alkanes) is 9. The van der Waals surface area contributed by atoms with Crippen molar-refractivity contribution in [3.63, 3.8) is 0 Å². The van der Waals surface area contributed by atoms with E-state index in [1.54, 1.807) is 0 Å². The standard InChI is InChI=1S/C20H42O4S/c1-3-5-7-8-9-12-15-19(21)16-13-10-14-18-20(25(22,23)24)17-11-6-4-2/h19-21H,3-18H2,1-2H3,(H,22,23,24). The van der Waals surface area contributed by atoms with Gasteiger partial charge in [0.25, 0.3) is 10.1 Å². The fraction of sp³-hybridized carbons (Fsp3) is 1.00. The monoisotopic (exact) mass is 378 g/mol. The molecule has 0 rings (SSSR count). The second-order valence-corrected chi connectivity index (χ2v) is 9.18. The first-order chi connectivity index (χ1) is 11.9. The highest BCUT2D eigenvalue weighted by Gasteiger charge is 2.21. The molecule has 5 heteroatoms. The van der Waals surface area contributed by atoms with Crippen molar-refractivity contribution in [2.24, 2.45) is 0 Å². The average molecular weight is 379 g/mol. The van der Waals surface area contributed by atoms with Crippen LogP contribution in [0.3, 0.4) is 0 Å². The third kappa shape index (κ3) is 15.8. The van der Waals surface area contributed by atoms with E-state index in [9.17, 15) is 18.1 Å². The Morgan fingerprint density at radius 3 is 1.52 bits per heavy atom. The molecule has 0 aromatic carbocycles. The molecule has 4 nitrogen and oxygen atoms in total. The highest BCUT2D eigenvalue weighted by molar-refractivity contribution is 7.86. The van der Waals surface area contributed by atoms with Crippen LogP contribution in [-0.2, 0) is 10.1 Å². The lowest BCUT2D eigenvalue weighted by atomic mass is 10.0. The van der Waals surface area contributed by atoms with E-state index in [1.807, 2.05) is 0 Å². The van der Waals surface area contributed by atoms with Crippen molar-refractivity contribution in [2.75, 3.05) is 0 Å². The van der Waals surface area contributed by atoms with E-state index in [0.717, 1.165) is 57.8 Å². The van der Waals surface area contributed by atoms with Crippen LogP contribution < -0.4 is 0 Å². The Kier molecular flexibility index (Phi) is 16.0. The molecule has 0 radical (unpaired) electrons. The van der Waals surface area contributed by atoms with Gasteiger partial charge in [-0.1, -0.05) is 90.9 Å². The Morgan fingerprint density at radius 2 is 1.00 bits per heavy atom. The van der Waals surface area contributed by atoms with Gasteiger partial charge in [-0.15, -0.1) is 0 Å². The minimum Gasteiger partial charge on any atom is -0.393 e. The molecule has 0 fully saturated rings. The van der Waals surface area contributed by atoms with Crippen molar-refractivity contribution in [1.29, 1.82) is 0 Å². The van der Waals surface area contributed by atoms with E-state index in [0.29, 0.717) is 12.8 Å². The van der Waals surface area contributed by atoms with Crippen molar-refractivity contribution < 1.29 is 18.1 Å². The molecular formula is C20H42O4S. The first-order valence-corrected chi connectivity index (χ1v) is 12.1. The fourth-order valence-corrected chi connectivity index (χ4v) is 4.23. The van der Waals surface area contributed by atoms with Crippen LogP contribution in [0.2, 0.25) is 0 Å². The molecular weight excluding hydrogens is 336 g/mol. The van der Waals surface area contributed by atoms with Gasteiger partial charge in [0.15, 0.2) is 0 Å². The lowest BCUT2D eigenvalue weighted by Gasteiger charge is -2.14. The highest BCUT2D eigenvalue weighted by Crippen LogP contribution is 2.19. The maximum Gasteiger partial charge on any atom is 0.267 e. The van der Waals surface area contributed by atoms with Gasteiger partial charge in [-0.3, -0.25) is 4.55 Å². The van der Waals surface area contributed by atoms with E-state index in [-0.39, 0.29) is 6.10 Å². The second kappa shape index (κ2) is 16.1. The smallest absolute Gasteiger partial charge is 0.267 e. The number of aliphatic hydroxyl groups excluding tert-OH is 1. The molecule has 2 unspecified atom stereocenters. The van der Waals surface area contributed by atoms with Gasteiger partial charge in [0.2, 0.25) is 0 Å². The number of rotatable bonds is 18. The molecule has 0 saturated heterocycles. The lowest BCUT2D eigenvalue weighted by molar-refractivity contribution is 0.147. The van der Waals surface area contributed by atoms with Crippen LogP contribution in [0.1, 0.15) is 117 Å². The molecule has 0 amide bonds. The van der Waals surface area contributed by atoms with Crippen LogP contribution in [0.5, 0.6) is 0 Å². The predicted octanol–water partition coefficient (Wildman–Crippen LogP) is 5.89. The summed E-state index contributed by atoms with van der Waals surface area (Å²) in [5.74, 6) is 0. The Labute approximate surface area is 156 Å². The van der Waals surface area contributed by atoms with Crippen LogP contribution >= 0.6 is 0 Å². The molecule has 2 N–H and O–H groups in total. The number of hydrogen-bond donors (Lipinski definition) is 2. The maximum atomic E-state index is 11.4. The van der Waals surface area contributed by atoms with Gasteiger partial charge in [0, 0.05) is 0 Å². The number of hydrogen-bond acceptors (Lipinski definition) is 3. The Bertz CT molecular complexity index is 381. The summed E-state index contributed by atoms with van der Waals surface area (Å²) in [7, 11) is -3.92. The van der Waals surface area contributed by atoms with Gasteiger partial charge in [0.05, 0.1) is 11.4 Å². The van der Waals surface area contributed by atoms with E-state index in [1.165, 1.54) is 32.1 Å². The maximum absolute atomic E-state index is 11.4. The quantitative estimate of drug-likeness (QED) is 0.230. The molecule has 152 valence electrons. The minimum absolute atomic E-state index is 0.215. The molecule has 25 heavy (non-hydrogen) atoms. The zero-order chi connectivity index (χ0) is 19.0. The first kappa shape index (κ1) is 24.9. The Morgan fingerprint density at radius 1 is 0.640 bits per heavy atom. The highest BCUT2D eigenvalue weighted by atomic mass is 32.2. The van der Waals surface area contributed by atoms with Gasteiger partial charge < -0.3 is 5.11 Å². The Balaban J connectivity index is 3.69. The molecule has 0 saturated carbocycles. The van der Waals surface area contributed by atoms with Crippen LogP contribution in [-0.4, -0.2) is 29.4 Å². The fourth-order valence-electron chi connectivity index (χ4n) is 3.30. The third-order valence-electron chi connectivity index (χ3n) is 5.01. The van der Waals surface area contributed by atoms with Crippen LogP contribution in [0.25, 0.3) is 0 Å². The number of aliphatic hydroxyl groups is 1. The molecule has 0 aliphatic carbocycles. The van der Waals surface area contributed by atoms with Crippen LogP contribution in [0.4, 0.5) is 0 Å². The zero-order valence-corrected chi connectivity index (χ0v) is 17.4. The molecule has 0 aromatic heterocycles. The SMILES string of the molecule is CCCCCCCCC(O)CCCCCC(CCCCC)S(=O)(=O)O. The molecule has 0 aromatic rings. The van der Waals surface area contributed by atoms with Crippen LogP contribution in [0.15, 0.2) is 0 Å². The summed E-state index contributed by atoms with van der Waals surface area (Å²) in [5.41, 5.74) is 0. The van der Waals surface area contributed by atoms with Gasteiger partial charge in [-0.2, -0.15) is 8.42 Å². The predicted molar refractivity (Wildman–Crippen MR) is 107 cm³/mol. The molecule has 0 aliphatic rings. The van der Waals surface area contributed by atoms with E-state index in [4.69, 9.17) is 0 Å². The minimum atomic E-state index is -3.92. The normalized spacial score (nSPS) is 14.6. The van der Waals surface area contributed by atoms with Gasteiger partial charge in [0.1, 0.15) is 0 Å². The van der Waals surface area contributed by atoms with E-state index >= 15 is 0 Å². The van der Waals surface area contributed by atoms with Gasteiger partial charge in [-0.25, -0.2) is 0 Å². The summed E-state index contributed by atoms with van der Waals surface area (Å²) in [6.45, 7) is 4.30. The van der Waals surface area contributed by atoms with Crippen molar-refractivity contribution in [3.8, 4) is 0 Å². The summed E-state index contributed by atoms with van der Waals surface area (Å²) in [6.07, 6.45) is 15.6. The summed E-state index contributed by atoms with van der Waals surface area (Å²) >= 11 is 0. The first-order valence-electron chi connectivity index (χ1n) is 10.6. The molecule has 0 spiro atoms. The van der Waals surface area contributed by atoms with Crippen molar-refractivity contribution >= 4 is 10.1 Å². The van der Waals surface area contributed by atoms with Crippen molar-refractivity contribution in [2.45, 2.75) is 128 Å². The average Bonchev–Trinajstić information content (AvgIpc) is 2.55. The summed E-state index contributed by atoms with van der Waals surface area (Å²) < 4.78 is 32.2. The van der Waals surface area contributed by atoms with Gasteiger partial charge in [-0.05, 0) is 25.7 Å². The Hall–Kier alpha value is -0.130. The second-order valence-electron chi connectivity index (χ2n) is 7.48. The summed E-state index contributed by atoms with van der Waals surface area (Å²) in [5, 5.41) is 9.39. The molecule has 2 atom stereocenters.